The lowest BCUT2D eigenvalue weighted by atomic mass is 10.4. The molecular formula is C9H22N2O. The Kier molecular flexibility index (Phi) is 7.45. The minimum atomic E-state index is 0.173. The summed E-state index contributed by atoms with van der Waals surface area (Å²) in [7, 11) is 0. The molecule has 74 valence electrons. The molecule has 3 nitrogen and oxygen atoms in total. The minimum absolute atomic E-state index is 0.173. The van der Waals surface area contributed by atoms with Crippen LogP contribution in [0.2, 0.25) is 0 Å². The van der Waals surface area contributed by atoms with Crippen molar-refractivity contribution in [3.63, 3.8) is 0 Å². The number of hydroxylamine groups is 1. The lowest BCUT2D eigenvalue weighted by molar-refractivity contribution is -0.0964. The van der Waals surface area contributed by atoms with E-state index in [1.165, 1.54) is 0 Å². The first-order valence-electron chi connectivity index (χ1n) is 4.88. The molecule has 1 N–H and O–H groups in total. The quantitative estimate of drug-likeness (QED) is 0.360. The van der Waals surface area contributed by atoms with Gasteiger partial charge in [0.25, 0.3) is 0 Å². The van der Waals surface area contributed by atoms with Crippen molar-refractivity contribution in [1.29, 1.82) is 0 Å². The second kappa shape index (κ2) is 7.53. The Labute approximate surface area is 76.0 Å². The Morgan fingerprint density at radius 2 is 1.83 bits per heavy atom. The van der Waals surface area contributed by atoms with Crippen LogP contribution in [-0.4, -0.2) is 30.8 Å². The summed E-state index contributed by atoms with van der Waals surface area (Å²) in [4.78, 5) is 7.65. The van der Waals surface area contributed by atoms with Crippen LogP contribution in [-0.2, 0) is 4.84 Å². The van der Waals surface area contributed by atoms with E-state index >= 15 is 0 Å². The van der Waals surface area contributed by atoms with Gasteiger partial charge in [-0.25, -0.2) is 5.48 Å². The first-order valence-corrected chi connectivity index (χ1v) is 4.88. The van der Waals surface area contributed by atoms with E-state index in [1.54, 1.807) is 0 Å². The lowest BCUT2D eigenvalue weighted by Gasteiger charge is -2.25. The Bertz CT molecular complexity index is 94.5. The molecule has 0 aliphatic heterocycles. The van der Waals surface area contributed by atoms with E-state index in [4.69, 9.17) is 4.84 Å². The fourth-order valence-corrected chi connectivity index (χ4v) is 1.09. The number of rotatable bonds is 7. The second-order valence-corrected chi connectivity index (χ2v) is 2.83. The van der Waals surface area contributed by atoms with Gasteiger partial charge in [0.2, 0.25) is 0 Å². The van der Waals surface area contributed by atoms with Crippen LogP contribution in [0.3, 0.4) is 0 Å². The maximum absolute atomic E-state index is 5.40. The maximum Gasteiger partial charge on any atom is 0.129 e. The molecule has 0 heterocycles. The zero-order valence-corrected chi connectivity index (χ0v) is 8.76. The molecule has 0 radical (unpaired) electrons. The Hall–Kier alpha value is -0.120. The Morgan fingerprint density at radius 1 is 1.25 bits per heavy atom. The fourth-order valence-electron chi connectivity index (χ4n) is 1.09. The Morgan fingerprint density at radius 3 is 2.25 bits per heavy atom. The van der Waals surface area contributed by atoms with Gasteiger partial charge >= 0.3 is 0 Å². The summed E-state index contributed by atoms with van der Waals surface area (Å²) in [6.45, 7) is 11.5. The molecule has 0 aromatic rings. The molecular weight excluding hydrogens is 152 g/mol. The number of hydrogen-bond acceptors (Lipinski definition) is 3. The van der Waals surface area contributed by atoms with E-state index in [2.05, 4.69) is 38.1 Å². The first kappa shape index (κ1) is 11.9. The van der Waals surface area contributed by atoms with Crippen molar-refractivity contribution >= 4 is 0 Å². The van der Waals surface area contributed by atoms with Gasteiger partial charge < -0.3 is 0 Å². The lowest BCUT2D eigenvalue weighted by Crippen LogP contribution is -2.38. The highest BCUT2D eigenvalue weighted by Crippen LogP contribution is 1.97. The largest absolute Gasteiger partial charge is 0.283 e. The molecule has 0 aliphatic rings. The van der Waals surface area contributed by atoms with Crippen LogP contribution in [0.15, 0.2) is 0 Å². The van der Waals surface area contributed by atoms with Crippen LogP contribution >= 0.6 is 0 Å². The van der Waals surface area contributed by atoms with E-state index in [1.807, 2.05) is 0 Å². The van der Waals surface area contributed by atoms with Crippen molar-refractivity contribution in [3.8, 4) is 0 Å². The molecule has 12 heavy (non-hydrogen) atoms. The highest BCUT2D eigenvalue weighted by Gasteiger charge is 2.08. The molecule has 0 bridgehead atoms. The standard InChI is InChI=1S/C9H22N2O/c1-5-8-10-12-9(4)11(6-2)7-3/h9-10H,5-8H2,1-4H3. The molecule has 0 spiro atoms. The topological polar surface area (TPSA) is 24.5 Å². The number of hydrogen-bond donors (Lipinski definition) is 1. The highest BCUT2D eigenvalue weighted by atomic mass is 16.7. The predicted molar refractivity (Wildman–Crippen MR) is 51.8 cm³/mol. The summed E-state index contributed by atoms with van der Waals surface area (Å²) in [6, 6.07) is 0. The zero-order chi connectivity index (χ0) is 9.40. The van der Waals surface area contributed by atoms with Crippen LogP contribution in [0.5, 0.6) is 0 Å². The van der Waals surface area contributed by atoms with E-state index in [0.717, 1.165) is 26.1 Å². The number of nitrogens with zero attached hydrogens (tertiary/aromatic N) is 1. The SMILES string of the molecule is CCCNOC(C)N(CC)CC. The summed E-state index contributed by atoms with van der Waals surface area (Å²) >= 11 is 0. The zero-order valence-electron chi connectivity index (χ0n) is 8.76. The van der Waals surface area contributed by atoms with E-state index in [0.29, 0.717) is 0 Å². The van der Waals surface area contributed by atoms with Gasteiger partial charge in [-0.15, -0.1) is 0 Å². The molecule has 0 aromatic carbocycles. The molecule has 0 aliphatic carbocycles. The molecule has 1 atom stereocenters. The third kappa shape index (κ3) is 4.70. The maximum atomic E-state index is 5.40. The highest BCUT2D eigenvalue weighted by molar-refractivity contribution is 4.52. The van der Waals surface area contributed by atoms with Gasteiger partial charge in [-0.3, -0.25) is 9.74 Å². The van der Waals surface area contributed by atoms with Crippen LogP contribution < -0.4 is 5.48 Å². The molecule has 0 saturated carbocycles. The van der Waals surface area contributed by atoms with Gasteiger partial charge in [-0.2, -0.15) is 0 Å². The fraction of sp³-hybridized carbons (Fsp3) is 1.00. The van der Waals surface area contributed by atoms with Crippen LogP contribution in [0.25, 0.3) is 0 Å². The van der Waals surface area contributed by atoms with E-state index in [9.17, 15) is 0 Å². The number of nitrogens with one attached hydrogen (secondary N) is 1. The molecule has 0 saturated heterocycles. The van der Waals surface area contributed by atoms with Gasteiger partial charge in [-0.05, 0) is 26.4 Å². The van der Waals surface area contributed by atoms with Crippen molar-refractivity contribution < 1.29 is 4.84 Å². The average Bonchev–Trinajstić information content (AvgIpc) is 2.07. The van der Waals surface area contributed by atoms with Crippen LogP contribution in [0.4, 0.5) is 0 Å². The molecule has 3 heteroatoms. The van der Waals surface area contributed by atoms with E-state index in [-0.39, 0.29) is 6.23 Å². The third-order valence-corrected chi connectivity index (χ3v) is 1.93. The average molecular weight is 174 g/mol. The molecule has 0 fully saturated rings. The van der Waals surface area contributed by atoms with E-state index < -0.39 is 0 Å². The molecule has 0 amide bonds. The van der Waals surface area contributed by atoms with Gasteiger partial charge in [0, 0.05) is 6.54 Å². The van der Waals surface area contributed by atoms with Gasteiger partial charge in [0.1, 0.15) is 6.23 Å². The summed E-state index contributed by atoms with van der Waals surface area (Å²) in [5.74, 6) is 0. The summed E-state index contributed by atoms with van der Waals surface area (Å²) < 4.78 is 0. The second-order valence-electron chi connectivity index (χ2n) is 2.83. The van der Waals surface area contributed by atoms with Gasteiger partial charge in [-0.1, -0.05) is 20.8 Å². The van der Waals surface area contributed by atoms with Crippen molar-refractivity contribution in [2.45, 2.75) is 40.3 Å². The molecule has 0 aromatic heterocycles. The van der Waals surface area contributed by atoms with Crippen LogP contribution in [0.1, 0.15) is 34.1 Å². The predicted octanol–water partition coefficient (Wildman–Crippen LogP) is 1.61. The monoisotopic (exact) mass is 174 g/mol. The first-order chi connectivity index (χ1) is 5.76. The normalized spacial score (nSPS) is 13.8. The van der Waals surface area contributed by atoms with Crippen LogP contribution in [0, 0.1) is 0 Å². The summed E-state index contributed by atoms with van der Waals surface area (Å²) in [5, 5.41) is 0. The van der Waals surface area contributed by atoms with Gasteiger partial charge in [0.05, 0.1) is 0 Å². The summed E-state index contributed by atoms with van der Waals surface area (Å²) in [5.41, 5.74) is 2.94. The van der Waals surface area contributed by atoms with Crippen molar-refractivity contribution in [1.82, 2.24) is 10.4 Å². The van der Waals surface area contributed by atoms with Crippen molar-refractivity contribution in [2.75, 3.05) is 19.6 Å². The smallest absolute Gasteiger partial charge is 0.129 e. The van der Waals surface area contributed by atoms with Gasteiger partial charge in [0.15, 0.2) is 0 Å². The Balaban J connectivity index is 3.47. The summed E-state index contributed by atoms with van der Waals surface area (Å²) in [6.07, 6.45) is 1.27. The minimum Gasteiger partial charge on any atom is -0.283 e. The molecule has 0 rings (SSSR count). The third-order valence-electron chi connectivity index (χ3n) is 1.93. The van der Waals surface area contributed by atoms with Crippen molar-refractivity contribution in [2.24, 2.45) is 0 Å². The molecule has 1 unspecified atom stereocenters. The van der Waals surface area contributed by atoms with Crippen molar-refractivity contribution in [3.05, 3.63) is 0 Å².